The van der Waals surface area contributed by atoms with Crippen LogP contribution >= 0.6 is 0 Å². The van der Waals surface area contributed by atoms with Crippen molar-refractivity contribution in [2.24, 2.45) is 0 Å². The zero-order valence-corrected chi connectivity index (χ0v) is 6.90. The molecule has 0 radical (unpaired) electrons. The van der Waals surface area contributed by atoms with Crippen molar-refractivity contribution < 1.29 is 24.5 Å². The lowest BCUT2D eigenvalue weighted by molar-refractivity contribution is -0.140. The number of carboxylic acid groups (broad SMARTS) is 1. The predicted molar refractivity (Wildman–Crippen MR) is 39.1 cm³/mol. The average Bonchev–Trinajstić information content (AvgIpc) is 1.93. The molecule has 0 aliphatic rings. The summed E-state index contributed by atoms with van der Waals surface area (Å²) in [5.74, 6) is -0.211. The fourth-order valence-electron chi connectivity index (χ4n) is 0.203. The Morgan fingerprint density at radius 3 is 1.82 bits per heavy atom. The minimum atomic E-state index is -0.250. The largest absolute Gasteiger partial charge is 0.483 e. The molecular formula is C6H14O5. The van der Waals surface area contributed by atoms with E-state index < -0.39 is 0 Å². The molecule has 0 aromatic carbocycles. The van der Waals surface area contributed by atoms with Gasteiger partial charge in [0, 0.05) is 14.0 Å². The summed E-state index contributed by atoms with van der Waals surface area (Å²) in [6.07, 6.45) is 0. The first-order valence-corrected chi connectivity index (χ1v) is 2.85. The van der Waals surface area contributed by atoms with Crippen molar-refractivity contribution in [2.75, 3.05) is 13.7 Å². The van der Waals surface area contributed by atoms with Crippen molar-refractivity contribution in [3.05, 3.63) is 0 Å². The number of aliphatic hydroxyl groups is 1. The Balaban J connectivity index is -0.000000109. The van der Waals surface area contributed by atoms with Gasteiger partial charge in [-0.3, -0.25) is 9.59 Å². The van der Waals surface area contributed by atoms with E-state index in [-0.39, 0.29) is 12.4 Å². The van der Waals surface area contributed by atoms with Crippen LogP contribution in [-0.2, 0) is 14.3 Å². The van der Waals surface area contributed by atoms with Crippen LogP contribution in [0, 0.1) is 0 Å². The summed E-state index contributed by atoms with van der Waals surface area (Å²) in [5.41, 5.74) is 0. The molecule has 2 N–H and O–H groups in total. The van der Waals surface area contributed by atoms with Gasteiger partial charge >= 0.3 is 5.97 Å². The van der Waals surface area contributed by atoms with Crippen LogP contribution in [0.2, 0.25) is 0 Å². The molecule has 0 amide bonds. The highest BCUT2D eigenvalue weighted by Crippen LogP contribution is 1.69. The van der Waals surface area contributed by atoms with E-state index in [0.29, 0.717) is 6.61 Å². The molecule has 0 saturated heterocycles. The second-order valence-electron chi connectivity index (χ2n) is 1.03. The van der Waals surface area contributed by atoms with E-state index in [1.54, 1.807) is 6.92 Å². The summed E-state index contributed by atoms with van der Waals surface area (Å²) in [4.78, 5) is 18.2. The second-order valence-corrected chi connectivity index (χ2v) is 1.03. The first kappa shape index (κ1) is 16.5. The molecule has 0 unspecified atom stereocenters. The maximum Gasteiger partial charge on any atom is 0.302 e. The number of aliphatic hydroxyl groups excluding tert-OH is 1. The zero-order valence-electron chi connectivity index (χ0n) is 6.90. The second kappa shape index (κ2) is 23.1. The fraction of sp³-hybridized carbons (Fsp3) is 0.667. The summed E-state index contributed by atoms with van der Waals surface area (Å²) < 4.78 is 4.40. The van der Waals surface area contributed by atoms with Crippen LogP contribution in [0.15, 0.2) is 0 Å². The van der Waals surface area contributed by atoms with Gasteiger partial charge in [-0.1, -0.05) is 0 Å². The average molecular weight is 166 g/mol. The molecule has 0 spiro atoms. The van der Waals surface area contributed by atoms with Gasteiger partial charge in [0.05, 0.1) is 6.61 Å². The lowest BCUT2D eigenvalue weighted by Crippen LogP contribution is -1.95. The highest BCUT2D eigenvalue weighted by molar-refractivity contribution is 5.65. The molecular weight excluding hydrogens is 152 g/mol. The molecule has 0 heterocycles. The molecule has 0 fully saturated rings. The highest BCUT2D eigenvalue weighted by Gasteiger charge is 1.81. The van der Waals surface area contributed by atoms with Gasteiger partial charge in [-0.05, 0) is 6.92 Å². The zero-order chi connectivity index (χ0) is 9.70. The Bertz CT molecular complexity index is 81.0. The maximum atomic E-state index is 9.82. The molecule has 5 nitrogen and oxygen atoms in total. The van der Waals surface area contributed by atoms with Gasteiger partial charge in [-0.25, -0.2) is 0 Å². The molecule has 0 atom stereocenters. The third-order valence-corrected chi connectivity index (χ3v) is 0.348. The van der Waals surface area contributed by atoms with Crippen molar-refractivity contribution in [1.29, 1.82) is 0 Å². The van der Waals surface area contributed by atoms with Crippen LogP contribution in [0.3, 0.4) is 0 Å². The standard InChI is InChI=1S/C4H8O2.CH2O2.CH4O/c1-3-6-4(2)5;2-1-3;1-2/h3H2,1-2H3;1H,(H,2,3);2H,1H3. The first-order chi connectivity index (χ1) is 5.18. The van der Waals surface area contributed by atoms with E-state index in [0.717, 1.165) is 7.11 Å². The minimum Gasteiger partial charge on any atom is -0.483 e. The molecule has 11 heavy (non-hydrogen) atoms. The Hall–Kier alpha value is -1.10. The van der Waals surface area contributed by atoms with Crippen molar-refractivity contribution >= 4 is 12.4 Å². The quantitative estimate of drug-likeness (QED) is 0.419. The van der Waals surface area contributed by atoms with Crippen LogP contribution in [-0.4, -0.2) is 36.4 Å². The molecule has 68 valence electrons. The fourth-order valence-corrected chi connectivity index (χ4v) is 0.203. The summed E-state index contributed by atoms with van der Waals surface area (Å²) in [6.45, 7) is 3.40. The van der Waals surface area contributed by atoms with Crippen LogP contribution < -0.4 is 0 Å². The van der Waals surface area contributed by atoms with E-state index in [9.17, 15) is 4.79 Å². The van der Waals surface area contributed by atoms with Crippen LogP contribution in [0.4, 0.5) is 0 Å². The molecule has 0 aliphatic carbocycles. The van der Waals surface area contributed by atoms with Gasteiger partial charge in [0.15, 0.2) is 0 Å². The molecule has 0 saturated carbocycles. The SMILES string of the molecule is CCOC(C)=O.CO.O=CO. The number of hydrogen-bond acceptors (Lipinski definition) is 4. The van der Waals surface area contributed by atoms with Crippen molar-refractivity contribution in [3.8, 4) is 0 Å². The third kappa shape index (κ3) is 117. The first-order valence-electron chi connectivity index (χ1n) is 2.85. The van der Waals surface area contributed by atoms with Gasteiger partial charge in [0.25, 0.3) is 6.47 Å². The topological polar surface area (TPSA) is 83.8 Å². The van der Waals surface area contributed by atoms with Gasteiger partial charge in [-0.15, -0.1) is 0 Å². The lowest BCUT2D eigenvalue weighted by Gasteiger charge is -1.89. The normalized spacial score (nSPS) is 5.82. The molecule has 5 heteroatoms. The Labute approximate surface area is 65.6 Å². The maximum absolute atomic E-state index is 9.82. The van der Waals surface area contributed by atoms with E-state index in [1.165, 1.54) is 6.92 Å². The molecule has 0 aromatic rings. The number of carbonyl (C=O) groups is 2. The molecule has 0 bridgehead atoms. The van der Waals surface area contributed by atoms with Crippen molar-refractivity contribution in [1.82, 2.24) is 0 Å². The third-order valence-electron chi connectivity index (χ3n) is 0.348. The van der Waals surface area contributed by atoms with E-state index >= 15 is 0 Å². The van der Waals surface area contributed by atoms with Crippen LogP contribution in [0.25, 0.3) is 0 Å². The number of hydrogen-bond donors (Lipinski definition) is 2. The van der Waals surface area contributed by atoms with Crippen LogP contribution in [0.5, 0.6) is 0 Å². The van der Waals surface area contributed by atoms with Gasteiger partial charge in [0.1, 0.15) is 0 Å². The van der Waals surface area contributed by atoms with Crippen molar-refractivity contribution in [2.45, 2.75) is 13.8 Å². The highest BCUT2D eigenvalue weighted by atomic mass is 16.5. The summed E-state index contributed by atoms with van der Waals surface area (Å²) in [6, 6.07) is 0. The van der Waals surface area contributed by atoms with Gasteiger partial charge in [-0.2, -0.15) is 0 Å². The molecule has 0 rings (SSSR count). The monoisotopic (exact) mass is 166 g/mol. The molecule has 0 aliphatic heterocycles. The number of esters is 1. The summed E-state index contributed by atoms with van der Waals surface area (Å²) in [7, 11) is 1.00. The minimum absolute atomic E-state index is 0.211. The van der Waals surface area contributed by atoms with Crippen molar-refractivity contribution in [3.63, 3.8) is 0 Å². The van der Waals surface area contributed by atoms with Gasteiger partial charge < -0.3 is 14.9 Å². The Morgan fingerprint density at radius 1 is 1.55 bits per heavy atom. The predicted octanol–water partition coefficient (Wildman–Crippen LogP) is -0.121. The van der Waals surface area contributed by atoms with E-state index in [2.05, 4.69) is 4.74 Å². The van der Waals surface area contributed by atoms with E-state index in [1.807, 2.05) is 0 Å². The van der Waals surface area contributed by atoms with E-state index in [4.69, 9.17) is 15.0 Å². The molecule has 0 aromatic heterocycles. The number of ether oxygens (including phenoxy) is 1. The van der Waals surface area contributed by atoms with Crippen LogP contribution in [0.1, 0.15) is 13.8 Å². The number of carbonyl (C=O) groups excluding carboxylic acids is 1. The summed E-state index contributed by atoms with van der Waals surface area (Å²) in [5, 5.41) is 13.9. The Kier molecular flexibility index (Phi) is 34.6. The smallest absolute Gasteiger partial charge is 0.302 e. The lowest BCUT2D eigenvalue weighted by atomic mass is 10.8. The Morgan fingerprint density at radius 2 is 1.82 bits per heavy atom. The summed E-state index contributed by atoms with van der Waals surface area (Å²) >= 11 is 0. The van der Waals surface area contributed by atoms with Gasteiger partial charge in [0.2, 0.25) is 0 Å². The number of rotatable bonds is 1.